The summed E-state index contributed by atoms with van der Waals surface area (Å²) in [5, 5.41) is 9.07. The van der Waals surface area contributed by atoms with Crippen LogP contribution in [0.5, 0.6) is 0 Å². The summed E-state index contributed by atoms with van der Waals surface area (Å²) in [4.78, 5) is 24.2. The summed E-state index contributed by atoms with van der Waals surface area (Å²) in [6.45, 7) is 0.373. The van der Waals surface area contributed by atoms with Gasteiger partial charge in [0.05, 0.1) is 10.6 Å². The zero-order valence-electron chi connectivity index (χ0n) is 16.9. The van der Waals surface area contributed by atoms with Crippen molar-refractivity contribution in [3.8, 4) is 0 Å². The number of rotatable bonds is 9. The molecule has 2 aromatic carbocycles. The number of carbonyl (C=O) groups is 2. The summed E-state index contributed by atoms with van der Waals surface area (Å²) in [6.07, 6.45) is 0.668. The summed E-state index contributed by atoms with van der Waals surface area (Å²) >= 11 is 1.45. The van der Waals surface area contributed by atoms with E-state index in [4.69, 9.17) is 0 Å². The first-order valence-corrected chi connectivity index (χ1v) is 12.0. The maximum Gasteiger partial charge on any atom is 0.264 e. The predicted molar refractivity (Wildman–Crippen MR) is 123 cm³/mol. The second kappa shape index (κ2) is 10.2. The molecule has 0 fully saturated rings. The third-order valence-corrected chi connectivity index (χ3v) is 7.01. The van der Waals surface area contributed by atoms with Crippen LogP contribution < -0.4 is 14.9 Å². The maximum atomic E-state index is 12.9. The molecule has 0 aliphatic carbocycles. The average molecular weight is 458 g/mol. The summed E-state index contributed by atoms with van der Waals surface area (Å²) in [5.41, 5.74) is 1.55. The zero-order valence-corrected chi connectivity index (χ0v) is 18.6. The Labute approximate surface area is 185 Å². The Kier molecular flexibility index (Phi) is 7.43. The van der Waals surface area contributed by atoms with Crippen molar-refractivity contribution in [2.24, 2.45) is 0 Å². The number of nitrogens with one attached hydrogen (secondary N) is 2. The summed E-state index contributed by atoms with van der Waals surface area (Å²) in [7, 11) is -2.28. The normalized spacial score (nSPS) is 11.0. The first-order valence-electron chi connectivity index (χ1n) is 9.62. The molecule has 2 N–H and O–H groups in total. The van der Waals surface area contributed by atoms with Crippen LogP contribution in [0, 0.1) is 0 Å². The molecule has 31 heavy (non-hydrogen) atoms. The second-order valence-electron chi connectivity index (χ2n) is 6.76. The van der Waals surface area contributed by atoms with E-state index in [9.17, 15) is 18.0 Å². The smallest absolute Gasteiger partial charge is 0.264 e. The van der Waals surface area contributed by atoms with Gasteiger partial charge >= 0.3 is 0 Å². The first kappa shape index (κ1) is 22.5. The van der Waals surface area contributed by atoms with Gasteiger partial charge in [-0.05, 0) is 48.2 Å². The fraction of sp³-hybridized carbons (Fsp3) is 0.182. The molecular formula is C22H23N3O4S2. The number of nitrogens with zero attached hydrogens (tertiary/aromatic N) is 1. The van der Waals surface area contributed by atoms with E-state index in [1.54, 1.807) is 47.8 Å². The second-order valence-corrected chi connectivity index (χ2v) is 9.50. The summed E-state index contributed by atoms with van der Waals surface area (Å²) in [6, 6.07) is 16.6. The van der Waals surface area contributed by atoms with Crippen molar-refractivity contribution >= 4 is 44.5 Å². The van der Waals surface area contributed by atoms with Gasteiger partial charge in [0.2, 0.25) is 5.91 Å². The van der Waals surface area contributed by atoms with Gasteiger partial charge in [0.15, 0.2) is 0 Å². The van der Waals surface area contributed by atoms with Crippen LogP contribution in [0.3, 0.4) is 0 Å². The standard InChI is InChI=1S/C22H23N3O4S2/c1-25(19-8-3-2-4-9-19)31(28,29)20-10-5-7-18(15-20)24-21(26)11-6-13-23-22(27)17-12-14-30-16-17/h2-5,7-10,12,14-16H,6,11,13H2,1H3,(H,23,27)(H,24,26). The molecule has 0 aliphatic rings. The highest BCUT2D eigenvalue weighted by atomic mass is 32.2. The van der Waals surface area contributed by atoms with E-state index in [0.29, 0.717) is 29.9 Å². The van der Waals surface area contributed by atoms with E-state index < -0.39 is 10.0 Å². The van der Waals surface area contributed by atoms with Crippen LogP contribution >= 0.6 is 11.3 Å². The number of amides is 2. The molecule has 0 saturated carbocycles. The summed E-state index contributed by atoms with van der Waals surface area (Å²) < 4.78 is 27.0. The van der Waals surface area contributed by atoms with Crippen molar-refractivity contribution in [2.75, 3.05) is 23.2 Å². The SMILES string of the molecule is CN(c1ccccc1)S(=O)(=O)c1cccc(NC(=O)CCCNC(=O)c2ccsc2)c1. The van der Waals surface area contributed by atoms with Gasteiger partial charge in [-0.25, -0.2) is 8.42 Å². The van der Waals surface area contributed by atoms with Crippen LogP contribution in [-0.4, -0.2) is 33.8 Å². The lowest BCUT2D eigenvalue weighted by atomic mass is 10.2. The van der Waals surface area contributed by atoms with Crippen molar-refractivity contribution in [3.05, 3.63) is 77.0 Å². The fourth-order valence-corrected chi connectivity index (χ4v) is 4.72. The predicted octanol–water partition coefficient (Wildman–Crippen LogP) is 3.72. The Bertz CT molecular complexity index is 1130. The lowest BCUT2D eigenvalue weighted by Crippen LogP contribution is -2.26. The molecule has 3 rings (SSSR count). The van der Waals surface area contributed by atoms with Crippen LogP contribution in [-0.2, 0) is 14.8 Å². The Balaban J connectivity index is 1.55. The van der Waals surface area contributed by atoms with Crippen LogP contribution in [0.15, 0.2) is 76.3 Å². The van der Waals surface area contributed by atoms with Gasteiger partial charge < -0.3 is 10.6 Å². The highest BCUT2D eigenvalue weighted by molar-refractivity contribution is 7.92. The molecule has 2 amide bonds. The number of hydrogen-bond acceptors (Lipinski definition) is 5. The van der Waals surface area contributed by atoms with Crippen LogP contribution in [0.25, 0.3) is 0 Å². The van der Waals surface area contributed by atoms with E-state index >= 15 is 0 Å². The molecule has 162 valence electrons. The molecule has 0 spiro atoms. The minimum absolute atomic E-state index is 0.0830. The van der Waals surface area contributed by atoms with Crippen molar-refractivity contribution in [1.29, 1.82) is 0 Å². The van der Waals surface area contributed by atoms with Gasteiger partial charge in [-0.3, -0.25) is 13.9 Å². The van der Waals surface area contributed by atoms with Crippen LogP contribution in [0.1, 0.15) is 23.2 Å². The molecule has 9 heteroatoms. The Morgan fingerprint density at radius 2 is 1.81 bits per heavy atom. The zero-order chi connectivity index (χ0) is 22.3. The number of carbonyl (C=O) groups excluding carboxylic acids is 2. The Morgan fingerprint density at radius 1 is 1.03 bits per heavy atom. The van der Waals surface area contributed by atoms with Gasteiger partial charge in [-0.2, -0.15) is 11.3 Å². The highest BCUT2D eigenvalue weighted by Crippen LogP contribution is 2.23. The quantitative estimate of drug-likeness (QED) is 0.479. The van der Waals surface area contributed by atoms with Gasteiger partial charge in [0.1, 0.15) is 0 Å². The Morgan fingerprint density at radius 3 is 2.52 bits per heavy atom. The number of anilines is 2. The monoisotopic (exact) mass is 457 g/mol. The van der Waals surface area contributed by atoms with Crippen molar-refractivity contribution in [3.63, 3.8) is 0 Å². The summed E-state index contributed by atoms with van der Waals surface area (Å²) in [5.74, 6) is -0.419. The molecule has 0 radical (unpaired) electrons. The van der Waals surface area contributed by atoms with Gasteiger partial charge in [0.25, 0.3) is 15.9 Å². The third-order valence-electron chi connectivity index (χ3n) is 4.55. The van der Waals surface area contributed by atoms with E-state index in [2.05, 4.69) is 10.6 Å². The number of thiophene rings is 1. The van der Waals surface area contributed by atoms with Crippen molar-refractivity contribution in [1.82, 2.24) is 5.32 Å². The maximum absolute atomic E-state index is 12.9. The molecule has 0 aliphatic heterocycles. The molecule has 0 bridgehead atoms. The molecule has 3 aromatic rings. The lowest BCUT2D eigenvalue weighted by Gasteiger charge is -2.19. The Hall–Kier alpha value is -3.17. The van der Waals surface area contributed by atoms with Gasteiger partial charge in [-0.1, -0.05) is 24.3 Å². The number of sulfonamides is 1. The molecule has 0 atom stereocenters. The minimum atomic E-state index is -3.77. The van der Waals surface area contributed by atoms with E-state index in [-0.39, 0.29) is 23.1 Å². The molecule has 0 saturated heterocycles. The lowest BCUT2D eigenvalue weighted by molar-refractivity contribution is -0.116. The number of hydrogen-bond donors (Lipinski definition) is 2. The molecule has 1 aromatic heterocycles. The van der Waals surface area contributed by atoms with Gasteiger partial charge in [0, 0.05) is 36.6 Å². The first-order chi connectivity index (χ1) is 14.9. The number of benzene rings is 2. The topological polar surface area (TPSA) is 95.6 Å². The third kappa shape index (κ3) is 5.93. The highest BCUT2D eigenvalue weighted by Gasteiger charge is 2.21. The fourth-order valence-electron chi connectivity index (χ4n) is 2.84. The van der Waals surface area contributed by atoms with Gasteiger partial charge in [-0.15, -0.1) is 0 Å². The van der Waals surface area contributed by atoms with Crippen LogP contribution in [0.2, 0.25) is 0 Å². The molecule has 7 nitrogen and oxygen atoms in total. The molecule has 0 unspecified atom stereocenters. The largest absolute Gasteiger partial charge is 0.352 e. The van der Waals surface area contributed by atoms with E-state index in [1.807, 2.05) is 11.4 Å². The molecule has 1 heterocycles. The van der Waals surface area contributed by atoms with Crippen molar-refractivity contribution < 1.29 is 18.0 Å². The van der Waals surface area contributed by atoms with Crippen molar-refractivity contribution in [2.45, 2.75) is 17.7 Å². The minimum Gasteiger partial charge on any atom is -0.352 e. The van der Waals surface area contributed by atoms with E-state index in [1.165, 1.54) is 34.8 Å². The average Bonchev–Trinajstić information content (AvgIpc) is 3.32. The number of para-hydroxylation sites is 1. The van der Waals surface area contributed by atoms with Crippen LogP contribution in [0.4, 0.5) is 11.4 Å². The van der Waals surface area contributed by atoms with E-state index in [0.717, 1.165) is 0 Å². The molecular weight excluding hydrogens is 434 g/mol.